The van der Waals surface area contributed by atoms with Crippen LogP contribution in [0.2, 0.25) is 0 Å². The van der Waals surface area contributed by atoms with Crippen molar-refractivity contribution in [1.29, 1.82) is 0 Å². The van der Waals surface area contributed by atoms with Crippen molar-refractivity contribution in [3.63, 3.8) is 0 Å². The van der Waals surface area contributed by atoms with Gasteiger partial charge in [-0.05, 0) is 18.6 Å². The van der Waals surface area contributed by atoms with E-state index in [0.29, 0.717) is 13.2 Å². The fourth-order valence-electron chi connectivity index (χ4n) is 1.82. The normalized spacial score (nSPS) is 19.8. The van der Waals surface area contributed by atoms with Crippen LogP contribution in [0, 0.1) is 5.82 Å². The summed E-state index contributed by atoms with van der Waals surface area (Å²) in [6, 6.07) is 6.10. The van der Waals surface area contributed by atoms with Crippen LogP contribution in [0.5, 0.6) is 0 Å². The summed E-state index contributed by atoms with van der Waals surface area (Å²) < 4.78 is 18.6. The number of halogens is 1. The molecule has 1 aliphatic heterocycles. The number of rotatable bonds is 2. The second-order valence-corrected chi connectivity index (χ2v) is 3.91. The average Bonchev–Trinajstić information content (AvgIpc) is 2.81. The maximum absolute atomic E-state index is 13.4. The number of hydrogen-bond acceptors (Lipinski definition) is 2. The van der Waals surface area contributed by atoms with Crippen molar-refractivity contribution in [1.82, 2.24) is 4.90 Å². The van der Waals surface area contributed by atoms with Crippen molar-refractivity contribution in [3.05, 3.63) is 35.6 Å². The van der Waals surface area contributed by atoms with E-state index in [1.54, 1.807) is 24.1 Å². The third-order valence-corrected chi connectivity index (χ3v) is 2.88. The number of carbonyl (C=O) groups excluding carboxylic acids is 1. The molecule has 0 radical (unpaired) electrons. The lowest BCUT2D eigenvalue weighted by Crippen LogP contribution is -2.37. The van der Waals surface area contributed by atoms with Crippen LogP contribution in [0.1, 0.15) is 16.8 Å². The summed E-state index contributed by atoms with van der Waals surface area (Å²) in [4.78, 5) is 13.5. The van der Waals surface area contributed by atoms with Crippen LogP contribution in [-0.2, 0) is 4.74 Å². The topological polar surface area (TPSA) is 29.5 Å². The molecule has 1 heterocycles. The van der Waals surface area contributed by atoms with E-state index >= 15 is 0 Å². The molecule has 0 spiro atoms. The third kappa shape index (κ3) is 2.07. The number of carbonyl (C=O) groups is 1. The molecule has 3 nitrogen and oxygen atoms in total. The third-order valence-electron chi connectivity index (χ3n) is 2.88. The molecule has 0 bridgehead atoms. The predicted molar refractivity (Wildman–Crippen MR) is 57.7 cm³/mol. The van der Waals surface area contributed by atoms with Crippen LogP contribution in [0.4, 0.5) is 4.39 Å². The summed E-state index contributed by atoms with van der Waals surface area (Å²) in [5.74, 6) is -0.758. The van der Waals surface area contributed by atoms with Gasteiger partial charge in [-0.2, -0.15) is 0 Å². The van der Waals surface area contributed by atoms with E-state index < -0.39 is 5.82 Å². The van der Waals surface area contributed by atoms with Gasteiger partial charge in [0.1, 0.15) is 5.82 Å². The van der Waals surface area contributed by atoms with Gasteiger partial charge >= 0.3 is 0 Å². The lowest BCUT2D eigenvalue weighted by molar-refractivity contribution is 0.0706. The molecule has 2 rings (SSSR count). The van der Waals surface area contributed by atoms with Crippen LogP contribution in [0.25, 0.3) is 0 Å². The Morgan fingerprint density at radius 3 is 2.88 bits per heavy atom. The number of hydrogen-bond donors (Lipinski definition) is 0. The zero-order chi connectivity index (χ0) is 11.5. The fourth-order valence-corrected chi connectivity index (χ4v) is 1.82. The van der Waals surface area contributed by atoms with Crippen LogP contribution >= 0.6 is 0 Å². The molecule has 4 heteroatoms. The average molecular weight is 223 g/mol. The highest BCUT2D eigenvalue weighted by Gasteiger charge is 2.26. The van der Waals surface area contributed by atoms with Gasteiger partial charge in [-0.25, -0.2) is 4.39 Å². The summed E-state index contributed by atoms with van der Waals surface area (Å²) in [5.41, 5.74) is 0.122. The Morgan fingerprint density at radius 2 is 2.25 bits per heavy atom. The summed E-state index contributed by atoms with van der Waals surface area (Å²) in [7, 11) is 1.69. The maximum Gasteiger partial charge on any atom is 0.256 e. The summed E-state index contributed by atoms with van der Waals surface area (Å²) in [5, 5.41) is 0. The maximum atomic E-state index is 13.4. The Kier molecular flexibility index (Phi) is 3.19. The molecule has 0 aliphatic carbocycles. The molecule has 0 aromatic heterocycles. The van der Waals surface area contributed by atoms with Crippen molar-refractivity contribution < 1.29 is 13.9 Å². The molecule has 0 N–H and O–H groups in total. The highest BCUT2D eigenvalue weighted by atomic mass is 19.1. The molecule has 1 aromatic carbocycles. The zero-order valence-electron chi connectivity index (χ0n) is 9.15. The fraction of sp³-hybridized carbons (Fsp3) is 0.417. The SMILES string of the molecule is CN(C(=O)c1ccccc1F)C1CCOC1. The molecule has 1 saturated heterocycles. The quantitative estimate of drug-likeness (QED) is 0.763. The predicted octanol–water partition coefficient (Wildman–Crippen LogP) is 1.69. The Morgan fingerprint density at radius 1 is 1.50 bits per heavy atom. The molecule has 1 atom stereocenters. The molecule has 1 unspecified atom stereocenters. The number of ether oxygens (including phenoxy) is 1. The Bertz CT molecular complexity index is 388. The van der Waals surface area contributed by atoms with Gasteiger partial charge in [-0.15, -0.1) is 0 Å². The second-order valence-electron chi connectivity index (χ2n) is 3.91. The molecule has 1 amide bonds. The Hall–Kier alpha value is -1.42. The van der Waals surface area contributed by atoms with E-state index in [-0.39, 0.29) is 17.5 Å². The summed E-state index contributed by atoms with van der Waals surface area (Å²) >= 11 is 0. The van der Waals surface area contributed by atoms with Gasteiger partial charge in [-0.1, -0.05) is 12.1 Å². The molecule has 1 fully saturated rings. The standard InChI is InChI=1S/C12H14FNO2/c1-14(9-6-7-16-8-9)12(15)10-4-2-3-5-11(10)13/h2-5,9H,6-8H2,1H3. The van der Waals surface area contributed by atoms with Gasteiger partial charge in [0, 0.05) is 13.7 Å². The minimum Gasteiger partial charge on any atom is -0.379 e. The molecule has 1 aliphatic rings. The van der Waals surface area contributed by atoms with Gasteiger partial charge < -0.3 is 9.64 Å². The zero-order valence-corrected chi connectivity index (χ0v) is 9.15. The molecule has 86 valence electrons. The number of benzene rings is 1. The van der Waals surface area contributed by atoms with Crippen molar-refractivity contribution in [2.24, 2.45) is 0 Å². The Labute approximate surface area is 93.8 Å². The Balaban J connectivity index is 2.15. The van der Waals surface area contributed by atoms with E-state index in [1.165, 1.54) is 12.1 Å². The van der Waals surface area contributed by atoms with Crippen molar-refractivity contribution in [2.45, 2.75) is 12.5 Å². The van der Waals surface area contributed by atoms with Gasteiger partial charge in [-0.3, -0.25) is 4.79 Å². The largest absolute Gasteiger partial charge is 0.379 e. The first-order valence-electron chi connectivity index (χ1n) is 5.29. The molecule has 0 saturated carbocycles. The number of nitrogens with zero attached hydrogens (tertiary/aromatic N) is 1. The van der Waals surface area contributed by atoms with Gasteiger partial charge in [0.25, 0.3) is 5.91 Å². The number of amides is 1. The van der Waals surface area contributed by atoms with Crippen LogP contribution in [-0.4, -0.2) is 37.1 Å². The highest BCUT2D eigenvalue weighted by molar-refractivity contribution is 5.94. The van der Waals surface area contributed by atoms with Gasteiger partial charge in [0.2, 0.25) is 0 Å². The lowest BCUT2D eigenvalue weighted by atomic mass is 10.1. The first kappa shape index (κ1) is 11.1. The van der Waals surface area contributed by atoms with Crippen molar-refractivity contribution in [3.8, 4) is 0 Å². The van der Waals surface area contributed by atoms with Gasteiger partial charge in [0.05, 0.1) is 18.2 Å². The van der Waals surface area contributed by atoms with E-state index in [2.05, 4.69) is 0 Å². The van der Waals surface area contributed by atoms with Crippen molar-refractivity contribution in [2.75, 3.05) is 20.3 Å². The van der Waals surface area contributed by atoms with Crippen molar-refractivity contribution >= 4 is 5.91 Å². The lowest BCUT2D eigenvalue weighted by Gasteiger charge is -2.23. The van der Waals surface area contributed by atoms with E-state index in [1.807, 2.05) is 0 Å². The molecular weight excluding hydrogens is 209 g/mol. The second kappa shape index (κ2) is 4.61. The van der Waals surface area contributed by atoms with Crippen LogP contribution < -0.4 is 0 Å². The van der Waals surface area contributed by atoms with Crippen LogP contribution in [0.15, 0.2) is 24.3 Å². The minimum atomic E-state index is -0.474. The molecular formula is C12H14FNO2. The highest BCUT2D eigenvalue weighted by Crippen LogP contribution is 2.15. The van der Waals surface area contributed by atoms with Gasteiger partial charge in [0.15, 0.2) is 0 Å². The first-order chi connectivity index (χ1) is 7.70. The van der Waals surface area contributed by atoms with E-state index in [0.717, 1.165) is 6.42 Å². The van der Waals surface area contributed by atoms with Crippen LogP contribution in [0.3, 0.4) is 0 Å². The minimum absolute atomic E-state index is 0.0621. The molecule has 1 aromatic rings. The smallest absolute Gasteiger partial charge is 0.256 e. The molecule has 16 heavy (non-hydrogen) atoms. The van der Waals surface area contributed by atoms with E-state index in [9.17, 15) is 9.18 Å². The number of likely N-dealkylation sites (N-methyl/N-ethyl adjacent to an activating group) is 1. The monoisotopic (exact) mass is 223 g/mol. The first-order valence-corrected chi connectivity index (χ1v) is 5.29. The van der Waals surface area contributed by atoms with E-state index in [4.69, 9.17) is 4.74 Å². The summed E-state index contributed by atoms with van der Waals surface area (Å²) in [6.45, 7) is 1.20. The summed E-state index contributed by atoms with van der Waals surface area (Å²) in [6.07, 6.45) is 0.816.